The number of alkyl halides is 3. The molecule has 0 aliphatic carbocycles. The number of halogens is 3. The van der Waals surface area contributed by atoms with Gasteiger partial charge in [0.05, 0.1) is 35.3 Å². The van der Waals surface area contributed by atoms with E-state index in [4.69, 9.17) is 10.2 Å². The molecule has 3 heterocycles. The summed E-state index contributed by atoms with van der Waals surface area (Å²) >= 11 is 1.24. The van der Waals surface area contributed by atoms with Crippen molar-refractivity contribution < 1.29 is 22.4 Å². The van der Waals surface area contributed by atoms with Crippen molar-refractivity contribution >= 4 is 28.1 Å². The summed E-state index contributed by atoms with van der Waals surface area (Å²) in [6.45, 7) is 2.15. The van der Waals surface area contributed by atoms with Crippen LogP contribution in [0.25, 0.3) is 11.4 Å². The van der Waals surface area contributed by atoms with Gasteiger partial charge in [0.2, 0.25) is 0 Å². The molecule has 0 saturated heterocycles. The lowest BCUT2D eigenvalue weighted by Crippen LogP contribution is -2.12. The number of nitrogens with one attached hydrogen (secondary N) is 1. The lowest BCUT2D eigenvalue weighted by Gasteiger charge is -2.09. The summed E-state index contributed by atoms with van der Waals surface area (Å²) in [6.07, 6.45) is -2.87. The SMILES string of the molecule is Cc1c(C(N)=O)cc(-c2csc(Nc3cccc(C(F)(F)F)c3)n2)n1Cc1ccco1. The van der Waals surface area contributed by atoms with E-state index in [2.05, 4.69) is 10.3 Å². The number of carbonyl (C=O) groups excluding carboxylic acids is 1. The van der Waals surface area contributed by atoms with Crippen LogP contribution in [0.3, 0.4) is 0 Å². The predicted octanol–water partition coefficient (Wildman–Crippen LogP) is 5.42. The Hall–Kier alpha value is -3.53. The summed E-state index contributed by atoms with van der Waals surface area (Å²) in [5.41, 5.74) is 7.27. The second-order valence-electron chi connectivity index (χ2n) is 6.80. The van der Waals surface area contributed by atoms with Gasteiger partial charge in [0.1, 0.15) is 5.76 Å². The molecule has 3 aromatic heterocycles. The van der Waals surface area contributed by atoms with E-state index in [1.54, 1.807) is 30.7 Å². The Bertz CT molecular complexity index is 1230. The normalized spacial score (nSPS) is 11.6. The predicted molar refractivity (Wildman–Crippen MR) is 111 cm³/mol. The minimum Gasteiger partial charge on any atom is -0.467 e. The van der Waals surface area contributed by atoms with Crippen LogP contribution < -0.4 is 11.1 Å². The molecular weight excluding hydrogens is 429 g/mol. The van der Waals surface area contributed by atoms with Crippen LogP contribution in [0, 0.1) is 6.92 Å². The summed E-state index contributed by atoms with van der Waals surface area (Å²) in [5.74, 6) is 0.128. The van der Waals surface area contributed by atoms with Crippen LogP contribution in [0.4, 0.5) is 24.0 Å². The van der Waals surface area contributed by atoms with Gasteiger partial charge in [0.25, 0.3) is 5.91 Å². The van der Waals surface area contributed by atoms with E-state index in [9.17, 15) is 18.0 Å². The van der Waals surface area contributed by atoms with Crippen molar-refractivity contribution in [3.8, 4) is 11.4 Å². The van der Waals surface area contributed by atoms with Gasteiger partial charge in [-0.2, -0.15) is 13.2 Å². The Balaban J connectivity index is 1.66. The first-order chi connectivity index (χ1) is 14.7. The minimum atomic E-state index is -4.43. The zero-order chi connectivity index (χ0) is 22.2. The molecule has 10 heteroatoms. The number of carbonyl (C=O) groups is 1. The van der Waals surface area contributed by atoms with Crippen molar-refractivity contribution in [3.63, 3.8) is 0 Å². The van der Waals surface area contributed by atoms with Gasteiger partial charge in [-0.05, 0) is 43.3 Å². The van der Waals surface area contributed by atoms with E-state index in [1.165, 1.54) is 23.5 Å². The summed E-state index contributed by atoms with van der Waals surface area (Å²) in [5, 5.41) is 5.08. The number of anilines is 2. The van der Waals surface area contributed by atoms with Crippen LogP contribution in [0.1, 0.15) is 27.4 Å². The number of furan rings is 1. The standard InChI is InChI=1S/C21H17F3N4O2S/c1-12-16(19(25)29)9-18(28(12)10-15-6-3-7-30-15)17-11-31-20(27-17)26-14-5-2-4-13(8-14)21(22,23)24/h2-9,11H,10H2,1H3,(H2,25,29)(H,26,27). The number of nitrogens with two attached hydrogens (primary N) is 1. The number of rotatable bonds is 6. The molecule has 3 N–H and O–H groups in total. The first-order valence-corrected chi connectivity index (χ1v) is 10.0. The molecule has 0 radical (unpaired) electrons. The Labute approximate surface area is 179 Å². The van der Waals surface area contributed by atoms with Gasteiger partial charge in [-0.15, -0.1) is 11.3 Å². The van der Waals surface area contributed by atoms with E-state index in [-0.39, 0.29) is 5.69 Å². The van der Waals surface area contributed by atoms with Crippen molar-refractivity contribution in [2.75, 3.05) is 5.32 Å². The van der Waals surface area contributed by atoms with E-state index in [0.29, 0.717) is 40.1 Å². The number of hydrogen-bond acceptors (Lipinski definition) is 5. The Morgan fingerprint density at radius 2 is 2.06 bits per heavy atom. The van der Waals surface area contributed by atoms with Crippen LogP contribution in [0.2, 0.25) is 0 Å². The third-order valence-corrected chi connectivity index (χ3v) is 5.49. The summed E-state index contributed by atoms with van der Waals surface area (Å²) in [4.78, 5) is 16.3. The van der Waals surface area contributed by atoms with E-state index in [0.717, 1.165) is 12.1 Å². The topological polar surface area (TPSA) is 86.1 Å². The van der Waals surface area contributed by atoms with Crippen LogP contribution in [0.15, 0.2) is 58.5 Å². The van der Waals surface area contributed by atoms with Crippen molar-refractivity contribution in [2.45, 2.75) is 19.6 Å². The minimum absolute atomic E-state index is 0.274. The number of nitrogens with zero attached hydrogens (tertiary/aromatic N) is 2. The molecule has 0 fully saturated rings. The van der Waals surface area contributed by atoms with E-state index >= 15 is 0 Å². The lowest BCUT2D eigenvalue weighted by molar-refractivity contribution is -0.137. The molecule has 4 rings (SSSR count). The van der Waals surface area contributed by atoms with Crippen LogP contribution in [-0.4, -0.2) is 15.5 Å². The van der Waals surface area contributed by atoms with Crippen LogP contribution in [-0.2, 0) is 12.7 Å². The van der Waals surface area contributed by atoms with Gasteiger partial charge in [0.15, 0.2) is 5.13 Å². The fourth-order valence-electron chi connectivity index (χ4n) is 3.21. The highest BCUT2D eigenvalue weighted by molar-refractivity contribution is 7.14. The van der Waals surface area contributed by atoms with E-state index in [1.807, 2.05) is 10.6 Å². The molecule has 0 unspecified atom stereocenters. The monoisotopic (exact) mass is 446 g/mol. The molecule has 6 nitrogen and oxygen atoms in total. The number of aromatic nitrogens is 2. The molecule has 0 spiro atoms. The molecule has 4 aromatic rings. The van der Waals surface area contributed by atoms with Crippen molar-refractivity contribution in [1.29, 1.82) is 0 Å². The summed E-state index contributed by atoms with van der Waals surface area (Å²) in [6, 6.07) is 10.1. The first kappa shape index (κ1) is 20.7. The number of benzene rings is 1. The van der Waals surface area contributed by atoms with Crippen molar-refractivity contribution in [3.05, 3.63) is 76.7 Å². The maximum absolute atomic E-state index is 12.9. The second-order valence-corrected chi connectivity index (χ2v) is 7.66. The maximum atomic E-state index is 12.9. The van der Waals surface area contributed by atoms with E-state index < -0.39 is 17.6 Å². The Morgan fingerprint density at radius 1 is 1.26 bits per heavy atom. The number of amides is 1. The van der Waals surface area contributed by atoms with Gasteiger partial charge < -0.3 is 20.0 Å². The second kappa shape index (κ2) is 7.95. The van der Waals surface area contributed by atoms with Crippen molar-refractivity contribution in [2.24, 2.45) is 5.73 Å². The fourth-order valence-corrected chi connectivity index (χ4v) is 3.94. The number of hydrogen-bond donors (Lipinski definition) is 2. The molecule has 0 aliphatic heterocycles. The molecule has 0 atom stereocenters. The summed E-state index contributed by atoms with van der Waals surface area (Å²) in [7, 11) is 0. The number of primary amides is 1. The van der Waals surface area contributed by atoms with Gasteiger partial charge in [-0.1, -0.05) is 6.07 Å². The van der Waals surface area contributed by atoms with Crippen molar-refractivity contribution in [1.82, 2.24) is 9.55 Å². The molecule has 1 amide bonds. The average Bonchev–Trinajstić information content (AvgIpc) is 3.44. The average molecular weight is 446 g/mol. The molecule has 31 heavy (non-hydrogen) atoms. The first-order valence-electron chi connectivity index (χ1n) is 9.15. The third-order valence-electron chi connectivity index (χ3n) is 4.73. The van der Waals surface area contributed by atoms with Gasteiger partial charge in [0, 0.05) is 16.8 Å². The maximum Gasteiger partial charge on any atom is 0.416 e. The van der Waals surface area contributed by atoms with Crippen LogP contribution >= 0.6 is 11.3 Å². The molecule has 0 aliphatic rings. The molecule has 160 valence electrons. The number of thiazole rings is 1. The van der Waals surface area contributed by atoms with Gasteiger partial charge >= 0.3 is 6.18 Å². The molecule has 1 aromatic carbocycles. The zero-order valence-electron chi connectivity index (χ0n) is 16.2. The molecule has 0 bridgehead atoms. The largest absolute Gasteiger partial charge is 0.467 e. The van der Waals surface area contributed by atoms with Crippen LogP contribution in [0.5, 0.6) is 0 Å². The quantitative estimate of drug-likeness (QED) is 0.414. The van der Waals surface area contributed by atoms with Gasteiger partial charge in [-0.3, -0.25) is 4.79 Å². The highest BCUT2D eigenvalue weighted by Gasteiger charge is 2.30. The van der Waals surface area contributed by atoms with Gasteiger partial charge in [-0.25, -0.2) is 4.98 Å². The highest BCUT2D eigenvalue weighted by Crippen LogP contribution is 2.33. The fraction of sp³-hybridized carbons (Fsp3) is 0.143. The lowest BCUT2D eigenvalue weighted by atomic mass is 10.2. The third kappa shape index (κ3) is 4.33. The zero-order valence-corrected chi connectivity index (χ0v) is 17.1. The summed E-state index contributed by atoms with van der Waals surface area (Å²) < 4.78 is 46.1. The molecule has 0 saturated carbocycles. The molecular formula is C21H17F3N4O2S. The highest BCUT2D eigenvalue weighted by atomic mass is 32.1. The Kier molecular flexibility index (Phi) is 5.32. The smallest absolute Gasteiger partial charge is 0.416 e. The Morgan fingerprint density at radius 3 is 2.74 bits per heavy atom.